The number of hydrogen-bond donors (Lipinski definition) is 0. The van der Waals surface area contributed by atoms with Crippen LogP contribution in [0.3, 0.4) is 0 Å². The maximum atomic E-state index is 2.56. The van der Waals surface area contributed by atoms with E-state index < -0.39 is 0 Å². The molecule has 0 radical (unpaired) electrons. The van der Waals surface area contributed by atoms with Crippen LogP contribution < -0.4 is 0 Å². The molecule has 0 amide bonds. The van der Waals surface area contributed by atoms with E-state index in [0.717, 1.165) is 0 Å². The highest BCUT2D eigenvalue weighted by atomic mass is 32.1. The van der Waals surface area contributed by atoms with Crippen LogP contribution in [0.2, 0.25) is 0 Å². The van der Waals surface area contributed by atoms with Gasteiger partial charge in [0.15, 0.2) is 0 Å². The molecule has 14 aromatic heterocycles. The Morgan fingerprint density at radius 1 is 0.225 bits per heavy atom. The van der Waals surface area contributed by atoms with Gasteiger partial charge >= 0.3 is 0 Å². The molecule has 0 fully saturated rings. The standard InChI is InChI=1S/C35H21NS5.C31H17NS7/c1-16-4-8-19(9-5-16)36-28-20-10-6-17(2)12-24(20)39-33(28)35-29(36)34-32(41-35)23-15-26-22(14-27(23)40-34)31-30(38-26)21-11-7-18(3)13-25(21)37-31;1-12-4-6-15(7-5-12)32-18-8-13(2)33-25(18)28-22(32)27-23(38-28)16-10-20-17(11-19(16)35-27)24-29(36-20)31-30(39-24)26-21(37-31)9-14(3)34-26/h4-15H,1-3H3;4-11H,1-3H3. The average molecular weight is 1240 g/mol. The molecule has 0 aliphatic rings. The lowest BCUT2D eigenvalue weighted by Crippen LogP contribution is -1.93. The van der Waals surface area contributed by atoms with Crippen molar-refractivity contribution in [3.8, 4) is 11.4 Å². The summed E-state index contributed by atoms with van der Waals surface area (Å²) in [6, 6.07) is 46.6. The highest BCUT2D eigenvalue weighted by molar-refractivity contribution is 7.46. The van der Waals surface area contributed by atoms with E-state index in [2.05, 4.69) is 172 Å². The predicted molar refractivity (Wildman–Crippen MR) is 375 cm³/mol. The monoisotopic (exact) mass is 1240 g/mol. The van der Waals surface area contributed by atoms with Crippen LogP contribution in [0.5, 0.6) is 0 Å². The summed E-state index contributed by atoms with van der Waals surface area (Å²) >= 11 is 23.7. The van der Waals surface area contributed by atoms with Crippen molar-refractivity contribution in [2.24, 2.45) is 0 Å². The normalized spacial score (nSPS) is 12.9. The fourth-order valence-electron chi connectivity index (χ4n) is 12.4. The van der Waals surface area contributed by atoms with Crippen LogP contribution in [0.4, 0.5) is 0 Å². The number of fused-ring (bicyclic) bond motifs is 28. The number of benzene rings is 6. The number of thiophene rings is 12. The van der Waals surface area contributed by atoms with Crippen molar-refractivity contribution in [3.05, 3.63) is 153 Å². The van der Waals surface area contributed by atoms with Gasteiger partial charge in [-0.3, -0.25) is 0 Å². The van der Waals surface area contributed by atoms with Crippen LogP contribution in [0, 0.1) is 41.5 Å². The topological polar surface area (TPSA) is 9.86 Å². The maximum Gasteiger partial charge on any atom is 0.0838 e. The lowest BCUT2D eigenvalue weighted by Gasteiger charge is -2.08. The molecule has 20 rings (SSSR count). The van der Waals surface area contributed by atoms with Gasteiger partial charge in [-0.15, -0.1) is 136 Å². The summed E-state index contributed by atoms with van der Waals surface area (Å²) in [6.45, 7) is 13.2. The summed E-state index contributed by atoms with van der Waals surface area (Å²) in [5, 5.41) is 8.45. The Morgan fingerprint density at radius 3 is 1.20 bits per heavy atom. The molecule has 0 saturated carbocycles. The maximum absolute atomic E-state index is 2.56. The lowest BCUT2D eigenvalue weighted by molar-refractivity contribution is 1.18. The molecule has 80 heavy (non-hydrogen) atoms. The first-order chi connectivity index (χ1) is 39.0. The van der Waals surface area contributed by atoms with E-state index in [0.29, 0.717) is 0 Å². The number of aromatic nitrogens is 2. The van der Waals surface area contributed by atoms with Crippen LogP contribution in [-0.4, -0.2) is 9.13 Å². The molecule has 0 atom stereocenters. The van der Waals surface area contributed by atoms with Crippen LogP contribution in [-0.2, 0) is 0 Å². The zero-order valence-electron chi connectivity index (χ0n) is 43.3. The molecule has 14 heteroatoms. The SMILES string of the molecule is Cc1ccc(-n2c3c4ccc(C)cc4sc3c3sc4c5cc6sc7c8ccc(C)cc8sc7c6cc5sc4c32)cc1.Cc1ccc(-n2c3cc(C)sc3c3sc4c5cc6sc7c(sc8c9sc(C)cc9sc87)c6cc5sc4c32)cc1. The van der Waals surface area contributed by atoms with Crippen molar-refractivity contribution in [2.75, 3.05) is 0 Å². The first-order valence-electron chi connectivity index (χ1n) is 26.3. The number of aryl methyl sites for hydroxylation is 6. The Labute approximate surface area is 503 Å². The Bertz CT molecular complexity index is 6090. The summed E-state index contributed by atoms with van der Waals surface area (Å²) in [5.41, 5.74) is 13.2. The number of nitrogens with zero attached hydrogens (tertiary/aromatic N) is 2. The zero-order chi connectivity index (χ0) is 52.9. The molecule has 0 spiro atoms. The lowest BCUT2D eigenvalue weighted by atomic mass is 10.1. The molecule has 0 N–H and O–H groups in total. The van der Waals surface area contributed by atoms with Crippen LogP contribution >= 0.6 is 136 Å². The van der Waals surface area contributed by atoms with Crippen molar-refractivity contribution in [1.29, 1.82) is 0 Å². The fourth-order valence-corrected chi connectivity index (χ4v) is 28.9. The highest BCUT2D eigenvalue weighted by Crippen LogP contribution is 2.57. The zero-order valence-corrected chi connectivity index (χ0v) is 53.1. The minimum Gasteiger partial charge on any atom is -0.306 e. The molecular formula is C66H38N2S12. The van der Waals surface area contributed by atoms with Gasteiger partial charge in [0.25, 0.3) is 0 Å². The Balaban J connectivity index is 0.000000120. The molecule has 20 aromatic rings. The van der Waals surface area contributed by atoms with Gasteiger partial charge in [0.2, 0.25) is 0 Å². The largest absolute Gasteiger partial charge is 0.306 e. The molecule has 384 valence electrons. The molecule has 0 aliphatic carbocycles. The van der Waals surface area contributed by atoms with E-state index in [9.17, 15) is 0 Å². The van der Waals surface area contributed by atoms with Crippen LogP contribution in [0.25, 0.3) is 169 Å². The molecular weight excluding hydrogens is 1210 g/mol. The van der Waals surface area contributed by atoms with E-state index in [1.165, 1.54) is 201 Å². The number of rotatable bonds is 2. The summed E-state index contributed by atoms with van der Waals surface area (Å²) in [4.78, 5) is 2.79. The van der Waals surface area contributed by atoms with Crippen LogP contribution in [0.1, 0.15) is 32.0 Å². The van der Waals surface area contributed by atoms with Crippen molar-refractivity contribution >= 4 is 294 Å². The van der Waals surface area contributed by atoms with Gasteiger partial charge in [0.05, 0.1) is 92.6 Å². The fraction of sp³-hybridized carbons (Fsp3) is 0.0909. The van der Waals surface area contributed by atoms with E-state index in [4.69, 9.17) is 0 Å². The summed E-state index contributed by atoms with van der Waals surface area (Å²) in [5.74, 6) is 0. The predicted octanol–water partition coefficient (Wildman–Crippen LogP) is 26.0. The second-order valence-corrected chi connectivity index (χ2v) is 34.4. The minimum absolute atomic E-state index is 1.25. The molecule has 6 aromatic carbocycles. The van der Waals surface area contributed by atoms with Gasteiger partial charge in [0.1, 0.15) is 0 Å². The Hall–Kier alpha value is -5.56. The number of hydrogen-bond acceptors (Lipinski definition) is 12. The van der Waals surface area contributed by atoms with E-state index in [-0.39, 0.29) is 0 Å². The second kappa shape index (κ2) is 16.6. The van der Waals surface area contributed by atoms with Gasteiger partial charge in [-0.25, -0.2) is 0 Å². The summed E-state index contributed by atoms with van der Waals surface area (Å²) in [7, 11) is 0. The Morgan fingerprint density at radius 2 is 0.588 bits per heavy atom. The molecule has 0 unspecified atom stereocenters. The third kappa shape index (κ3) is 6.40. The highest BCUT2D eigenvalue weighted by Gasteiger charge is 2.27. The van der Waals surface area contributed by atoms with Gasteiger partial charge in [-0.2, -0.15) is 0 Å². The summed E-state index contributed by atoms with van der Waals surface area (Å²) in [6.07, 6.45) is 0. The molecule has 0 bridgehead atoms. The Kier molecular flexibility index (Phi) is 9.74. The molecule has 2 nitrogen and oxygen atoms in total. The van der Waals surface area contributed by atoms with E-state index >= 15 is 0 Å². The second-order valence-electron chi connectivity index (χ2n) is 21.5. The van der Waals surface area contributed by atoms with Gasteiger partial charge < -0.3 is 9.13 Å². The third-order valence-corrected chi connectivity index (χ3v) is 31.4. The van der Waals surface area contributed by atoms with Gasteiger partial charge in [-0.05, 0) is 125 Å². The van der Waals surface area contributed by atoms with Crippen LogP contribution in [0.15, 0.2) is 121 Å². The average Bonchev–Trinajstić information content (AvgIpc) is 4.34. The molecule has 14 heterocycles. The quantitative estimate of drug-likeness (QED) is 0.163. The van der Waals surface area contributed by atoms with Crippen molar-refractivity contribution < 1.29 is 0 Å². The smallest absolute Gasteiger partial charge is 0.0838 e. The first-order valence-corrected chi connectivity index (χ1v) is 36.1. The molecule has 0 aliphatic heterocycles. The van der Waals surface area contributed by atoms with Crippen molar-refractivity contribution in [2.45, 2.75) is 41.5 Å². The first kappa shape index (κ1) is 47.0. The van der Waals surface area contributed by atoms with Crippen molar-refractivity contribution in [3.63, 3.8) is 0 Å². The van der Waals surface area contributed by atoms with Gasteiger partial charge in [0, 0.05) is 86.3 Å². The molecule has 0 saturated heterocycles. The minimum atomic E-state index is 1.25. The van der Waals surface area contributed by atoms with Gasteiger partial charge in [-0.1, -0.05) is 59.7 Å². The van der Waals surface area contributed by atoms with E-state index in [1.807, 2.05) is 136 Å². The summed E-state index contributed by atoms with van der Waals surface area (Å²) < 4.78 is 36.7. The van der Waals surface area contributed by atoms with Crippen molar-refractivity contribution in [1.82, 2.24) is 9.13 Å². The van der Waals surface area contributed by atoms with E-state index in [1.54, 1.807) is 0 Å². The third-order valence-electron chi connectivity index (χ3n) is 16.1.